The molecule has 2 radical (unpaired) electrons. The Morgan fingerprint density at radius 2 is 1.23 bits per heavy atom. The predicted octanol–water partition coefficient (Wildman–Crippen LogP) is 7.80. The van der Waals surface area contributed by atoms with Crippen molar-refractivity contribution in [1.82, 2.24) is 9.44 Å². The van der Waals surface area contributed by atoms with Crippen molar-refractivity contribution in [2.45, 2.75) is 44.4 Å². The number of nitrogens with zero attached hydrogens (tertiary/aromatic N) is 2. The van der Waals surface area contributed by atoms with E-state index in [4.69, 9.17) is 34.3 Å². The summed E-state index contributed by atoms with van der Waals surface area (Å²) in [6.07, 6.45) is 0. The first-order valence-electron chi connectivity index (χ1n) is 13.0. The van der Waals surface area contributed by atoms with E-state index in [1.165, 1.54) is 30.3 Å². The molecule has 0 amide bonds. The van der Waals surface area contributed by atoms with E-state index in [0.29, 0.717) is 29.0 Å². The summed E-state index contributed by atoms with van der Waals surface area (Å²) >= 11 is 5.36. The molecule has 25 heteroatoms. The topological polar surface area (TPSA) is 251 Å². The predicted molar refractivity (Wildman–Crippen MR) is 232 cm³/mol. The van der Waals surface area contributed by atoms with Crippen molar-refractivity contribution in [2.24, 2.45) is 5.73 Å². The molecule has 3 aromatic carbocycles. The summed E-state index contributed by atoms with van der Waals surface area (Å²) in [5, 5.41) is 25.4. The van der Waals surface area contributed by atoms with Crippen LogP contribution < -0.4 is 20.5 Å². The monoisotopic (exact) mass is 1110 g/mol. The van der Waals surface area contributed by atoms with Crippen LogP contribution in [0.25, 0.3) is 0 Å². The van der Waals surface area contributed by atoms with Crippen molar-refractivity contribution in [1.29, 1.82) is 0 Å². The van der Waals surface area contributed by atoms with Crippen LogP contribution in [0.2, 0.25) is 0 Å². The molecule has 0 aromatic heterocycles. The molecule has 0 fully saturated rings. The van der Waals surface area contributed by atoms with E-state index >= 15 is 0 Å². The molecule has 16 nitrogen and oxygen atoms in total. The van der Waals surface area contributed by atoms with Crippen LogP contribution in [0.1, 0.15) is 34.0 Å². The number of nitro groups is 2. The summed E-state index contributed by atoms with van der Waals surface area (Å²) in [7, 11) is 3.68. The first-order valence-corrected chi connectivity index (χ1v) is 27.7. The second-order valence-electron chi connectivity index (χ2n) is 8.34. The quantitative estimate of drug-likeness (QED) is 0.0555. The zero-order valence-corrected chi connectivity index (χ0v) is 35.6. The maximum absolute atomic E-state index is 11.7. The molecular formula is C28H51Br2Cl3N6O10S3Sn. The molecule has 310 valence electrons. The first-order chi connectivity index (χ1) is 22.9. The number of anilines is 1. The molecule has 0 saturated heterocycles. The second kappa shape index (κ2) is 31.8. The zero-order chi connectivity index (χ0) is 37.7. The first kappa shape index (κ1) is 60.9. The van der Waals surface area contributed by atoms with Gasteiger partial charge in [-0.05, 0) is 24.3 Å². The van der Waals surface area contributed by atoms with Crippen molar-refractivity contribution in [2.75, 3.05) is 42.2 Å². The second-order valence-corrected chi connectivity index (χ2v) is 20.2. The molecule has 53 heavy (non-hydrogen) atoms. The van der Waals surface area contributed by atoms with Crippen molar-refractivity contribution in [3.8, 4) is 0 Å². The number of para-hydroxylation sites is 3. The standard InChI is InChI=1S/C8H9BrN2O4S.C8H10N2O2S.C6H4ClNO4S.C2H6BrN.4CH4.2ClH.Sn.3H2/c9-5-6-10-16(14,15)8-4-2-1-3-7(8)11(12)13;11-13(12)8-4-2-1-3-7(8)9-5-6-10-13;7-13(11,12)6-4-2-1-3-5(6)8(9)10;3-1-2-4;;;;;;;;;;/h1-4,10H,5-6H2;1-4,9-10H,5-6H2;1-4H;1-2,4H2;4*1H4;2*1H;;3*1H/q;;;;;;;;;;+2;;;/p-2/i;;;;;;;;;;;3*1+1. The van der Waals surface area contributed by atoms with Crippen LogP contribution in [0.15, 0.2) is 87.5 Å². The van der Waals surface area contributed by atoms with Gasteiger partial charge in [-0.2, -0.15) is 0 Å². The number of alkyl halides is 2. The summed E-state index contributed by atoms with van der Waals surface area (Å²) in [6.45, 7) is 1.96. The number of nitrogens with two attached hydrogens (primary N) is 1. The molecule has 5 N–H and O–H groups in total. The summed E-state index contributed by atoms with van der Waals surface area (Å²) in [4.78, 5) is 19.0. The molecular weight excluding hydrogens is 1060 g/mol. The molecule has 0 bridgehead atoms. The van der Waals surface area contributed by atoms with Gasteiger partial charge in [0.1, 0.15) is 4.90 Å². The van der Waals surface area contributed by atoms with Gasteiger partial charge in [-0.25, -0.2) is 34.7 Å². The fourth-order valence-corrected chi connectivity index (χ4v) is 7.11. The fraction of sp³-hybridized carbons (Fsp3) is 0.357. The average molecular weight is 1120 g/mol. The Hall–Kier alpha value is -1.38. The number of halogens is 5. The van der Waals surface area contributed by atoms with Gasteiger partial charge in [-0.1, -0.05) is 98.0 Å². The summed E-state index contributed by atoms with van der Waals surface area (Å²) in [6, 6.07) is 17.0. The van der Waals surface area contributed by atoms with Crippen molar-refractivity contribution >= 4 is 125 Å². The number of benzene rings is 3. The Balaban J connectivity index is -0.0000000899. The van der Waals surface area contributed by atoms with Gasteiger partial charge >= 0.3 is 36.7 Å². The van der Waals surface area contributed by atoms with Gasteiger partial charge in [0.05, 0.1) is 15.5 Å². The summed E-state index contributed by atoms with van der Waals surface area (Å²) in [5.41, 5.74) is 4.71. The van der Waals surface area contributed by atoms with Gasteiger partial charge in [0, 0.05) is 63.9 Å². The van der Waals surface area contributed by atoms with Crippen LogP contribution in [0.3, 0.4) is 0 Å². The van der Waals surface area contributed by atoms with E-state index in [-0.39, 0.29) is 45.4 Å². The SMILES string of the molecule is C.C.C.C.NCCBr.O=S1(=O)NCCNc2ccccc21.O=[N+]([O-])c1ccccc1S(=O)(=O)Cl.O=[N+]([O-])c1ccccc1S(=O)(=O)NCCBr.[2HH].[2HH].[2HH].[Cl][Sn][Cl]. The van der Waals surface area contributed by atoms with Gasteiger partial charge in [0.2, 0.25) is 20.0 Å². The molecule has 0 spiro atoms. The number of fused-ring (bicyclic) bond motifs is 1. The van der Waals surface area contributed by atoms with Gasteiger partial charge in [-0.3, -0.25) is 20.2 Å². The van der Waals surface area contributed by atoms with Crippen LogP contribution in [0, 0.1) is 20.2 Å². The minimum absolute atomic E-state index is 0. The third-order valence-corrected chi connectivity index (χ3v) is 10.3. The fourth-order valence-electron chi connectivity index (χ4n) is 3.21. The molecule has 0 unspecified atom stereocenters. The molecule has 3 aromatic rings. The Morgan fingerprint density at radius 1 is 0.811 bits per heavy atom. The van der Waals surface area contributed by atoms with E-state index in [0.717, 1.165) is 30.1 Å². The van der Waals surface area contributed by atoms with E-state index in [1.54, 1.807) is 18.2 Å². The van der Waals surface area contributed by atoms with E-state index in [1.807, 2.05) is 6.07 Å². The minimum atomic E-state index is -4.05. The van der Waals surface area contributed by atoms with Crippen molar-refractivity contribution in [3.05, 3.63) is 93.0 Å². The number of sulfonamides is 2. The number of hydrogen-bond acceptors (Lipinski definition) is 12. The summed E-state index contributed by atoms with van der Waals surface area (Å²) in [5.74, 6) is 0. The normalized spacial score (nSPS) is 11.9. The van der Waals surface area contributed by atoms with Gasteiger partial charge in [0.15, 0.2) is 9.79 Å². The third kappa shape index (κ3) is 23.3. The molecule has 1 aliphatic heterocycles. The number of nitro benzene ring substituents is 2. The average Bonchev–Trinajstić information content (AvgIpc) is 3.22. The van der Waals surface area contributed by atoms with Gasteiger partial charge in [0.25, 0.3) is 20.4 Å². The van der Waals surface area contributed by atoms with Crippen LogP contribution in [-0.2, 0) is 29.1 Å². The zero-order valence-electron chi connectivity index (χ0n) is 24.8. The molecule has 4 rings (SSSR count). The Morgan fingerprint density at radius 3 is 1.64 bits per heavy atom. The number of rotatable bonds is 8. The Labute approximate surface area is 356 Å². The Kier molecular flexibility index (Phi) is 36.5. The van der Waals surface area contributed by atoms with E-state index < -0.39 is 74.1 Å². The third-order valence-electron chi connectivity index (χ3n) is 5.08. The van der Waals surface area contributed by atoms with Crippen LogP contribution in [-0.4, -0.2) is 90.8 Å². The molecule has 0 atom stereocenters. The molecule has 1 heterocycles. The van der Waals surface area contributed by atoms with Gasteiger partial charge in [-0.15, -0.1) is 0 Å². The molecule has 0 aliphatic carbocycles. The van der Waals surface area contributed by atoms with Crippen molar-refractivity contribution in [3.63, 3.8) is 0 Å². The van der Waals surface area contributed by atoms with Crippen molar-refractivity contribution < 1.29 is 39.4 Å². The summed E-state index contributed by atoms with van der Waals surface area (Å²) < 4.78 is 72.8. The van der Waals surface area contributed by atoms with Gasteiger partial charge < -0.3 is 11.1 Å². The van der Waals surface area contributed by atoms with E-state index in [2.05, 4.69) is 46.6 Å². The van der Waals surface area contributed by atoms with Crippen LogP contribution in [0.4, 0.5) is 17.1 Å². The molecule has 1 aliphatic rings. The number of nitrogens with one attached hydrogen (secondary N) is 3. The Bertz CT molecular complexity index is 1850. The maximum atomic E-state index is 11.7. The van der Waals surface area contributed by atoms with E-state index in [9.17, 15) is 45.5 Å². The number of hydrogen-bond donors (Lipinski definition) is 4. The van der Waals surface area contributed by atoms with Crippen LogP contribution in [0.5, 0.6) is 0 Å². The van der Waals surface area contributed by atoms with Crippen LogP contribution >= 0.6 is 60.4 Å². The molecule has 0 saturated carbocycles.